The van der Waals surface area contributed by atoms with E-state index in [4.69, 9.17) is 5.11 Å². The molecule has 0 amide bonds. The summed E-state index contributed by atoms with van der Waals surface area (Å²) in [6, 6.07) is 2.08. The molecule has 1 aromatic rings. The zero-order valence-corrected chi connectivity index (χ0v) is 10.5. The Bertz CT molecular complexity index is 516. The second-order valence-electron chi connectivity index (χ2n) is 4.78. The van der Waals surface area contributed by atoms with Crippen molar-refractivity contribution in [3.05, 3.63) is 35.1 Å². The van der Waals surface area contributed by atoms with Gasteiger partial charge in [-0.3, -0.25) is 9.69 Å². The largest absolute Gasteiger partial charge is 0.480 e. The van der Waals surface area contributed by atoms with E-state index in [9.17, 15) is 22.4 Å². The maximum atomic E-state index is 13.2. The number of carboxylic acid groups (broad SMARTS) is 1. The van der Waals surface area contributed by atoms with Gasteiger partial charge < -0.3 is 5.11 Å². The Morgan fingerprint density at radius 3 is 2.70 bits per heavy atom. The number of carboxylic acids is 1. The Labute approximate surface area is 112 Å². The molecule has 1 fully saturated rings. The molecule has 0 aliphatic carbocycles. The molecule has 1 aromatic carbocycles. The van der Waals surface area contributed by atoms with E-state index in [0.717, 1.165) is 12.1 Å². The monoisotopic (exact) mass is 291 g/mol. The van der Waals surface area contributed by atoms with E-state index in [2.05, 4.69) is 0 Å². The van der Waals surface area contributed by atoms with Crippen molar-refractivity contribution in [3.63, 3.8) is 0 Å². The summed E-state index contributed by atoms with van der Waals surface area (Å²) in [5.74, 6) is -2.31. The lowest BCUT2D eigenvalue weighted by molar-refractivity contribution is -0.143. The highest BCUT2D eigenvalue weighted by Crippen LogP contribution is 2.32. The Hall–Kier alpha value is -1.63. The van der Waals surface area contributed by atoms with Gasteiger partial charge in [-0.25, -0.2) is 4.39 Å². The first-order valence-electron chi connectivity index (χ1n) is 6.11. The summed E-state index contributed by atoms with van der Waals surface area (Å²) in [4.78, 5) is 12.6. The zero-order valence-electron chi connectivity index (χ0n) is 10.5. The van der Waals surface area contributed by atoms with Crippen LogP contribution in [0.15, 0.2) is 18.2 Å². The number of alkyl halides is 3. The Morgan fingerprint density at radius 2 is 2.10 bits per heavy atom. The minimum absolute atomic E-state index is 0.0698. The molecule has 7 heteroatoms. The van der Waals surface area contributed by atoms with Crippen molar-refractivity contribution < 1.29 is 27.5 Å². The van der Waals surface area contributed by atoms with Gasteiger partial charge in [0.2, 0.25) is 0 Å². The van der Waals surface area contributed by atoms with Gasteiger partial charge in [0.15, 0.2) is 0 Å². The Morgan fingerprint density at radius 1 is 1.40 bits per heavy atom. The van der Waals surface area contributed by atoms with Crippen LogP contribution in [0.25, 0.3) is 0 Å². The van der Waals surface area contributed by atoms with E-state index in [1.54, 1.807) is 4.90 Å². The van der Waals surface area contributed by atoms with Crippen LogP contribution in [0.5, 0.6) is 0 Å². The number of halogens is 4. The van der Waals surface area contributed by atoms with Crippen molar-refractivity contribution in [3.8, 4) is 0 Å². The summed E-state index contributed by atoms with van der Waals surface area (Å²) in [6.07, 6.45) is -3.59. The van der Waals surface area contributed by atoms with E-state index in [-0.39, 0.29) is 12.1 Å². The lowest BCUT2D eigenvalue weighted by Gasteiger charge is -2.21. The van der Waals surface area contributed by atoms with Gasteiger partial charge in [-0.1, -0.05) is 6.07 Å². The zero-order chi connectivity index (χ0) is 14.9. The fraction of sp³-hybridized carbons (Fsp3) is 0.462. The van der Waals surface area contributed by atoms with E-state index in [0.29, 0.717) is 19.4 Å². The summed E-state index contributed by atoms with van der Waals surface area (Å²) in [5.41, 5.74) is -1.06. The molecule has 1 heterocycles. The fourth-order valence-corrected chi connectivity index (χ4v) is 2.42. The van der Waals surface area contributed by atoms with Gasteiger partial charge in [-0.15, -0.1) is 0 Å². The molecule has 0 aromatic heterocycles. The normalized spacial score (nSPS) is 20.3. The molecule has 20 heavy (non-hydrogen) atoms. The van der Waals surface area contributed by atoms with Crippen molar-refractivity contribution in [2.75, 3.05) is 6.54 Å². The van der Waals surface area contributed by atoms with Crippen LogP contribution in [0.2, 0.25) is 0 Å². The van der Waals surface area contributed by atoms with Crippen molar-refractivity contribution in [1.82, 2.24) is 4.90 Å². The van der Waals surface area contributed by atoms with Crippen molar-refractivity contribution >= 4 is 5.97 Å². The van der Waals surface area contributed by atoms with Gasteiger partial charge >= 0.3 is 12.1 Å². The van der Waals surface area contributed by atoms with Crippen molar-refractivity contribution in [2.45, 2.75) is 31.6 Å². The predicted molar refractivity (Wildman–Crippen MR) is 62.5 cm³/mol. The lowest BCUT2D eigenvalue weighted by Crippen LogP contribution is -2.35. The molecule has 1 aliphatic heterocycles. The second kappa shape index (κ2) is 5.40. The average Bonchev–Trinajstić information content (AvgIpc) is 2.78. The topological polar surface area (TPSA) is 40.5 Å². The highest BCUT2D eigenvalue weighted by molar-refractivity contribution is 5.73. The van der Waals surface area contributed by atoms with Crippen LogP contribution in [0.4, 0.5) is 17.6 Å². The predicted octanol–water partition coefficient (Wildman–Crippen LogP) is 2.89. The van der Waals surface area contributed by atoms with Crippen LogP contribution in [0.1, 0.15) is 24.0 Å². The molecule has 0 spiro atoms. The van der Waals surface area contributed by atoms with Gasteiger partial charge in [0.1, 0.15) is 11.9 Å². The number of nitrogens with zero attached hydrogens (tertiary/aromatic N) is 1. The van der Waals surface area contributed by atoms with Crippen LogP contribution in [0, 0.1) is 5.82 Å². The molecule has 1 N–H and O–H groups in total. The first-order chi connectivity index (χ1) is 9.29. The summed E-state index contributed by atoms with van der Waals surface area (Å²) >= 11 is 0. The van der Waals surface area contributed by atoms with Gasteiger partial charge in [-0.05, 0) is 37.1 Å². The number of rotatable bonds is 3. The third-order valence-corrected chi connectivity index (χ3v) is 3.37. The molecule has 3 nitrogen and oxygen atoms in total. The highest BCUT2D eigenvalue weighted by atomic mass is 19.4. The number of benzene rings is 1. The van der Waals surface area contributed by atoms with E-state index in [1.165, 1.54) is 6.07 Å². The maximum Gasteiger partial charge on any atom is 0.419 e. The molecule has 2 rings (SSSR count). The highest BCUT2D eigenvalue weighted by Gasteiger charge is 2.35. The molecule has 1 atom stereocenters. The smallest absolute Gasteiger partial charge is 0.419 e. The summed E-state index contributed by atoms with van der Waals surface area (Å²) in [5, 5.41) is 9.01. The molecular formula is C13H13F4NO2. The van der Waals surface area contributed by atoms with E-state index < -0.39 is 29.6 Å². The minimum atomic E-state index is -4.75. The first kappa shape index (κ1) is 14.8. The summed E-state index contributed by atoms with van der Waals surface area (Å²) < 4.78 is 51.0. The molecule has 110 valence electrons. The van der Waals surface area contributed by atoms with Gasteiger partial charge in [0, 0.05) is 6.54 Å². The molecule has 0 bridgehead atoms. The van der Waals surface area contributed by atoms with Gasteiger partial charge in [0.25, 0.3) is 0 Å². The van der Waals surface area contributed by atoms with Crippen molar-refractivity contribution in [1.29, 1.82) is 0 Å². The first-order valence-corrected chi connectivity index (χ1v) is 6.11. The van der Waals surface area contributed by atoms with Crippen LogP contribution >= 0.6 is 0 Å². The van der Waals surface area contributed by atoms with E-state index in [1.807, 2.05) is 0 Å². The quantitative estimate of drug-likeness (QED) is 0.871. The van der Waals surface area contributed by atoms with Crippen LogP contribution in [-0.4, -0.2) is 28.6 Å². The van der Waals surface area contributed by atoms with Crippen LogP contribution in [0.3, 0.4) is 0 Å². The summed E-state index contributed by atoms with van der Waals surface area (Å²) in [6.45, 7) is 0.579. The maximum absolute atomic E-state index is 13.2. The standard InChI is InChI=1S/C13H13F4NO2/c14-10-4-3-8(6-9(10)13(15,16)17)7-18-5-1-2-11(18)12(19)20/h3-4,6,11H,1-2,5,7H2,(H,19,20)/t11-/m1/s1. The molecular weight excluding hydrogens is 278 g/mol. The Kier molecular flexibility index (Phi) is 3.99. The minimum Gasteiger partial charge on any atom is -0.480 e. The number of carbonyl (C=O) groups is 1. The molecule has 0 radical (unpaired) electrons. The number of hydrogen-bond donors (Lipinski definition) is 1. The van der Waals surface area contributed by atoms with Gasteiger partial charge in [0.05, 0.1) is 5.56 Å². The number of aliphatic carboxylic acids is 1. The van der Waals surface area contributed by atoms with Crippen LogP contribution < -0.4 is 0 Å². The van der Waals surface area contributed by atoms with Crippen LogP contribution in [-0.2, 0) is 17.5 Å². The number of likely N-dealkylation sites (tertiary alicyclic amines) is 1. The molecule has 0 saturated carbocycles. The SMILES string of the molecule is O=C(O)[C@H]1CCCN1Cc1ccc(F)c(C(F)(F)F)c1. The lowest BCUT2D eigenvalue weighted by atomic mass is 10.1. The Balaban J connectivity index is 2.20. The van der Waals surface area contributed by atoms with Crippen molar-refractivity contribution in [2.24, 2.45) is 0 Å². The van der Waals surface area contributed by atoms with Gasteiger partial charge in [-0.2, -0.15) is 13.2 Å². The summed E-state index contributed by atoms with van der Waals surface area (Å²) in [7, 11) is 0. The number of hydrogen-bond acceptors (Lipinski definition) is 2. The van der Waals surface area contributed by atoms with E-state index >= 15 is 0 Å². The third-order valence-electron chi connectivity index (χ3n) is 3.37. The molecule has 1 aliphatic rings. The third kappa shape index (κ3) is 3.09. The fourth-order valence-electron chi connectivity index (χ4n) is 2.42. The second-order valence-corrected chi connectivity index (χ2v) is 4.78. The average molecular weight is 291 g/mol. The molecule has 1 saturated heterocycles. The molecule has 0 unspecified atom stereocenters.